The van der Waals surface area contributed by atoms with Gasteiger partial charge in [-0.1, -0.05) is 41.9 Å². The quantitative estimate of drug-likeness (QED) is 0.803. The Morgan fingerprint density at radius 1 is 1.15 bits per heavy atom. The molecule has 1 amide bonds. The van der Waals surface area contributed by atoms with E-state index in [-0.39, 0.29) is 18.7 Å². The van der Waals surface area contributed by atoms with E-state index in [9.17, 15) is 4.79 Å². The van der Waals surface area contributed by atoms with Crippen LogP contribution in [0.2, 0.25) is 5.02 Å². The highest BCUT2D eigenvalue weighted by atomic mass is 35.5. The first kappa shape index (κ1) is 13.2. The Kier molecular flexibility index (Phi) is 3.47. The van der Waals surface area contributed by atoms with Gasteiger partial charge in [-0.2, -0.15) is 0 Å². The molecule has 1 aliphatic heterocycles. The van der Waals surface area contributed by atoms with E-state index in [1.165, 1.54) is 0 Å². The molecule has 0 bridgehead atoms. The summed E-state index contributed by atoms with van der Waals surface area (Å²) >= 11 is 5.93. The highest BCUT2D eigenvalue weighted by Crippen LogP contribution is 2.32. The van der Waals surface area contributed by atoms with Crippen molar-refractivity contribution < 1.29 is 9.53 Å². The zero-order valence-corrected chi connectivity index (χ0v) is 11.8. The monoisotopic (exact) mass is 287 g/mol. The van der Waals surface area contributed by atoms with Gasteiger partial charge in [0, 0.05) is 17.6 Å². The molecular formula is C16H14ClNO2. The van der Waals surface area contributed by atoms with Gasteiger partial charge in [-0.05, 0) is 29.3 Å². The number of amides is 1. The van der Waals surface area contributed by atoms with Crippen LogP contribution in [-0.4, -0.2) is 24.6 Å². The largest absolute Gasteiger partial charge is 0.348 e. The molecular weight excluding hydrogens is 274 g/mol. The van der Waals surface area contributed by atoms with E-state index >= 15 is 0 Å². The van der Waals surface area contributed by atoms with Crippen LogP contribution >= 0.6 is 11.6 Å². The van der Waals surface area contributed by atoms with Gasteiger partial charge >= 0.3 is 0 Å². The molecule has 3 nitrogen and oxygen atoms in total. The second-order valence-corrected chi connectivity index (χ2v) is 5.25. The lowest BCUT2D eigenvalue weighted by Gasteiger charge is -2.18. The Morgan fingerprint density at radius 2 is 1.85 bits per heavy atom. The van der Waals surface area contributed by atoms with Gasteiger partial charge < -0.3 is 9.64 Å². The van der Waals surface area contributed by atoms with E-state index in [1.54, 1.807) is 11.9 Å². The van der Waals surface area contributed by atoms with Gasteiger partial charge in [-0.15, -0.1) is 0 Å². The van der Waals surface area contributed by atoms with Crippen LogP contribution in [0.1, 0.15) is 27.6 Å². The van der Waals surface area contributed by atoms with Crippen molar-refractivity contribution >= 4 is 17.5 Å². The maximum atomic E-state index is 12.3. The predicted octanol–water partition coefficient (Wildman–Crippen LogP) is 3.49. The molecule has 0 fully saturated rings. The Balaban J connectivity index is 2.10. The lowest BCUT2D eigenvalue weighted by molar-refractivity contribution is 0.0147. The third-order valence-electron chi connectivity index (χ3n) is 3.43. The second kappa shape index (κ2) is 5.27. The average molecular weight is 288 g/mol. The fraction of sp³-hybridized carbons (Fsp3) is 0.188. The van der Waals surface area contributed by atoms with Crippen molar-refractivity contribution in [3.63, 3.8) is 0 Å². The molecule has 0 saturated heterocycles. The maximum Gasteiger partial charge on any atom is 0.255 e. The Labute approximate surface area is 122 Å². The topological polar surface area (TPSA) is 29.5 Å². The number of benzene rings is 2. The van der Waals surface area contributed by atoms with Crippen LogP contribution in [0.15, 0.2) is 48.5 Å². The first-order valence-electron chi connectivity index (χ1n) is 6.38. The van der Waals surface area contributed by atoms with Crippen molar-refractivity contribution in [3.8, 4) is 0 Å². The number of hydrogen-bond donors (Lipinski definition) is 0. The number of hydrogen-bond acceptors (Lipinski definition) is 2. The summed E-state index contributed by atoms with van der Waals surface area (Å²) in [6.07, 6.45) is -0.252. The Morgan fingerprint density at radius 3 is 2.60 bits per heavy atom. The minimum absolute atomic E-state index is 0.0166. The van der Waals surface area contributed by atoms with Crippen LogP contribution in [0, 0.1) is 0 Å². The van der Waals surface area contributed by atoms with Crippen LogP contribution in [0.3, 0.4) is 0 Å². The number of ether oxygens (including phenoxy) is 1. The van der Waals surface area contributed by atoms with Gasteiger partial charge in [0.2, 0.25) is 0 Å². The normalized spacial score (nSPS) is 18.6. The Bertz CT molecular complexity index is 639. The van der Waals surface area contributed by atoms with Gasteiger partial charge in [0.05, 0.1) is 0 Å². The first-order valence-corrected chi connectivity index (χ1v) is 6.76. The summed E-state index contributed by atoms with van der Waals surface area (Å²) in [5, 5.41) is 0.684. The van der Waals surface area contributed by atoms with Crippen LogP contribution in [0.4, 0.5) is 0 Å². The summed E-state index contributed by atoms with van der Waals surface area (Å²) in [6, 6.07) is 15.1. The van der Waals surface area contributed by atoms with Gasteiger partial charge in [-0.25, -0.2) is 0 Å². The van der Waals surface area contributed by atoms with Gasteiger partial charge in [0.15, 0.2) is 0 Å². The van der Waals surface area contributed by atoms with Crippen molar-refractivity contribution in [2.24, 2.45) is 0 Å². The summed E-state index contributed by atoms with van der Waals surface area (Å²) in [7, 11) is 1.74. The summed E-state index contributed by atoms with van der Waals surface area (Å²) < 4.78 is 5.90. The molecule has 3 rings (SSSR count). The van der Waals surface area contributed by atoms with Crippen molar-refractivity contribution in [2.45, 2.75) is 6.10 Å². The van der Waals surface area contributed by atoms with E-state index in [2.05, 4.69) is 0 Å². The summed E-state index contributed by atoms with van der Waals surface area (Å²) in [5.74, 6) is -0.0166. The highest BCUT2D eigenvalue weighted by molar-refractivity contribution is 6.30. The molecule has 0 N–H and O–H groups in total. The van der Waals surface area contributed by atoms with Crippen molar-refractivity contribution in [1.29, 1.82) is 0 Å². The molecule has 20 heavy (non-hydrogen) atoms. The van der Waals surface area contributed by atoms with Crippen LogP contribution in [0.25, 0.3) is 0 Å². The molecule has 102 valence electrons. The first-order chi connectivity index (χ1) is 9.66. The number of fused-ring (bicyclic) bond motifs is 1. The number of carbonyl (C=O) groups is 1. The summed E-state index contributed by atoms with van der Waals surface area (Å²) in [5.41, 5.74) is 2.57. The third-order valence-corrected chi connectivity index (χ3v) is 3.68. The Hall–Kier alpha value is -1.84. The van der Waals surface area contributed by atoms with Crippen molar-refractivity contribution in [2.75, 3.05) is 13.8 Å². The maximum absolute atomic E-state index is 12.3. The zero-order valence-electron chi connectivity index (χ0n) is 11.0. The lowest BCUT2D eigenvalue weighted by Crippen LogP contribution is -2.27. The lowest BCUT2D eigenvalue weighted by atomic mass is 9.96. The predicted molar refractivity (Wildman–Crippen MR) is 77.8 cm³/mol. The van der Waals surface area contributed by atoms with Crippen LogP contribution in [-0.2, 0) is 4.74 Å². The van der Waals surface area contributed by atoms with E-state index in [1.807, 2.05) is 48.5 Å². The van der Waals surface area contributed by atoms with E-state index in [4.69, 9.17) is 16.3 Å². The SMILES string of the molecule is CN1CO[C@@H](c2ccc(Cl)cc2)c2ccccc2C1=O. The minimum Gasteiger partial charge on any atom is -0.348 e. The average Bonchev–Trinajstić information content (AvgIpc) is 2.60. The number of halogens is 1. The zero-order chi connectivity index (χ0) is 14.1. The number of carbonyl (C=O) groups excluding carboxylic acids is 1. The summed E-state index contributed by atoms with van der Waals surface area (Å²) in [6.45, 7) is 0.265. The van der Waals surface area contributed by atoms with Gasteiger partial charge in [0.1, 0.15) is 12.8 Å². The van der Waals surface area contributed by atoms with Crippen LogP contribution in [0.5, 0.6) is 0 Å². The molecule has 2 aromatic rings. The summed E-state index contributed by atoms with van der Waals surface area (Å²) in [4.78, 5) is 13.9. The smallest absolute Gasteiger partial charge is 0.255 e. The van der Waals surface area contributed by atoms with Crippen molar-refractivity contribution in [3.05, 3.63) is 70.2 Å². The molecule has 1 atom stereocenters. The third kappa shape index (κ3) is 2.30. The minimum atomic E-state index is -0.252. The van der Waals surface area contributed by atoms with E-state index in [0.717, 1.165) is 11.1 Å². The molecule has 1 heterocycles. The number of rotatable bonds is 1. The number of nitrogens with zero attached hydrogens (tertiary/aromatic N) is 1. The standard InChI is InChI=1S/C16H14ClNO2/c1-18-10-20-15(11-6-8-12(17)9-7-11)13-4-2-3-5-14(13)16(18)19/h2-9,15H,10H2,1H3/t15-/m0/s1. The molecule has 0 radical (unpaired) electrons. The molecule has 0 aromatic heterocycles. The molecule has 0 aliphatic carbocycles. The fourth-order valence-electron chi connectivity index (χ4n) is 2.37. The van der Waals surface area contributed by atoms with Crippen molar-refractivity contribution in [1.82, 2.24) is 4.90 Å². The molecule has 0 unspecified atom stereocenters. The molecule has 4 heteroatoms. The molecule has 0 spiro atoms. The fourth-order valence-corrected chi connectivity index (χ4v) is 2.50. The van der Waals surface area contributed by atoms with Gasteiger partial charge in [0.25, 0.3) is 5.91 Å². The highest BCUT2D eigenvalue weighted by Gasteiger charge is 2.27. The molecule has 2 aromatic carbocycles. The van der Waals surface area contributed by atoms with Crippen LogP contribution < -0.4 is 0 Å². The van der Waals surface area contributed by atoms with Gasteiger partial charge in [-0.3, -0.25) is 4.79 Å². The molecule has 0 saturated carbocycles. The van der Waals surface area contributed by atoms with E-state index in [0.29, 0.717) is 10.6 Å². The van der Waals surface area contributed by atoms with E-state index < -0.39 is 0 Å². The molecule has 1 aliphatic rings. The second-order valence-electron chi connectivity index (χ2n) is 4.82.